The largest absolute Gasteiger partial charge is 0.480 e. The first kappa shape index (κ1) is 42.6. The average Bonchev–Trinajstić information content (AvgIpc) is 3.12. The number of aliphatic carboxylic acids is 2. The number of nitrogens with zero attached hydrogens (tertiary/aromatic N) is 1. The van der Waals surface area contributed by atoms with Gasteiger partial charge in [0.1, 0.15) is 23.7 Å². The van der Waals surface area contributed by atoms with Gasteiger partial charge in [0, 0.05) is 19.5 Å². The Morgan fingerprint density at radius 2 is 1.28 bits per heavy atom. The number of amides is 4. The second-order valence-corrected chi connectivity index (χ2v) is 14.2. The number of carboxylic acids is 2. The number of rotatable bonds is 21. The minimum absolute atomic E-state index is 0.0437. The lowest BCUT2D eigenvalue weighted by Crippen LogP contribution is -2.60. The van der Waals surface area contributed by atoms with Crippen LogP contribution in [0.2, 0.25) is 0 Å². The second kappa shape index (κ2) is 21.0. The van der Waals surface area contributed by atoms with E-state index in [1.54, 1.807) is 0 Å². The summed E-state index contributed by atoms with van der Waals surface area (Å²) < 4.78 is 0. The molecule has 4 unspecified atom stereocenters. The summed E-state index contributed by atoms with van der Waals surface area (Å²) in [5.41, 5.74) is 12.5. The Morgan fingerprint density at radius 3 is 1.83 bits per heavy atom. The number of benzene rings is 2. The summed E-state index contributed by atoms with van der Waals surface area (Å²) in [5, 5.41) is 29.7. The molecule has 2 aromatic rings. The molecule has 1 saturated heterocycles. The number of carboxylic acid groups (broad SMARTS) is 2. The summed E-state index contributed by atoms with van der Waals surface area (Å²) in [4.78, 5) is 79.0. The minimum atomic E-state index is -1.45. The molecular weight excluding hydrogens is 682 g/mol. The molecule has 4 amide bonds. The van der Waals surface area contributed by atoms with Crippen LogP contribution in [0.15, 0.2) is 60.7 Å². The van der Waals surface area contributed by atoms with Crippen molar-refractivity contribution in [2.45, 2.75) is 94.9 Å². The normalized spacial score (nSPS) is 16.1. The van der Waals surface area contributed by atoms with Gasteiger partial charge in [-0.1, -0.05) is 74.5 Å². The van der Waals surface area contributed by atoms with E-state index in [1.165, 1.54) is 4.90 Å². The third kappa shape index (κ3) is 14.2. The van der Waals surface area contributed by atoms with Crippen LogP contribution in [0.4, 0.5) is 0 Å². The molecule has 4 atom stereocenters. The molecule has 53 heavy (non-hydrogen) atoms. The highest BCUT2D eigenvalue weighted by atomic mass is 16.4. The maximum Gasteiger partial charge on any atom is 0.323 e. The molecule has 0 aliphatic carbocycles. The van der Waals surface area contributed by atoms with E-state index in [2.05, 4.69) is 21.3 Å². The molecule has 1 heterocycles. The van der Waals surface area contributed by atoms with Crippen LogP contribution in [0.5, 0.6) is 0 Å². The maximum atomic E-state index is 13.9. The van der Waals surface area contributed by atoms with Gasteiger partial charge in [-0.15, -0.1) is 0 Å². The van der Waals surface area contributed by atoms with Crippen LogP contribution in [-0.4, -0.2) is 107 Å². The standard InChI is InChI=1S/C38H55N7O8/c1-25(2)21-30(44-35(50)31(23-27-13-7-4-8-14-27)43-33(48)28(39)22-26-11-5-3-6-12-26)34(49)42-29(15-9-10-18-41-24-32(46)47)36(51)45-19-16-38(40,17-20-45)37(52)53/h3-8,11-14,25,28-31,41H,9-10,15-24,39-40H2,1-2H3,(H,42,49)(H,43,48)(H,44,50)(H,46,47)(H,52,53). The third-order valence-corrected chi connectivity index (χ3v) is 9.27. The first-order valence-corrected chi connectivity index (χ1v) is 18.2. The van der Waals surface area contributed by atoms with Gasteiger partial charge in [-0.2, -0.15) is 0 Å². The van der Waals surface area contributed by atoms with Crippen molar-refractivity contribution in [1.29, 1.82) is 0 Å². The van der Waals surface area contributed by atoms with Gasteiger partial charge in [0.25, 0.3) is 0 Å². The van der Waals surface area contributed by atoms with Crippen molar-refractivity contribution in [2.24, 2.45) is 17.4 Å². The van der Waals surface area contributed by atoms with Crippen LogP contribution >= 0.6 is 0 Å². The summed E-state index contributed by atoms with van der Waals surface area (Å²) in [5.74, 6) is -4.29. The minimum Gasteiger partial charge on any atom is -0.480 e. The molecule has 0 spiro atoms. The predicted molar refractivity (Wildman–Crippen MR) is 198 cm³/mol. The van der Waals surface area contributed by atoms with Gasteiger partial charge in [-0.3, -0.25) is 28.8 Å². The van der Waals surface area contributed by atoms with E-state index >= 15 is 0 Å². The summed E-state index contributed by atoms with van der Waals surface area (Å²) >= 11 is 0. The highest BCUT2D eigenvalue weighted by Crippen LogP contribution is 2.21. The highest BCUT2D eigenvalue weighted by molar-refractivity contribution is 5.95. The number of unbranched alkanes of at least 4 members (excludes halogenated alkanes) is 1. The van der Waals surface area contributed by atoms with Crippen molar-refractivity contribution < 1.29 is 39.0 Å². The molecule has 15 heteroatoms. The number of hydrogen-bond acceptors (Lipinski definition) is 9. The van der Waals surface area contributed by atoms with Gasteiger partial charge in [0.05, 0.1) is 12.6 Å². The lowest BCUT2D eigenvalue weighted by molar-refractivity contribution is -0.148. The number of nitrogens with two attached hydrogens (primary N) is 2. The molecule has 1 aliphatic heterocycles. The number of nitrogens with one attached hydrogen (secondary N) is 4. The van der Waals surface area contributed by atoms with E-state index < -0.39 is 65.3 Å². The molecule has 2 aromatic carbocycles. The first-order valence-electron chi connectivity index (χ1n) is 18.2. The monoisotopic (exact) mass is 737 g/mol. The Kier molecular flexibility index (Phi) is 16.9. The van der Waals surface area contributed by atoms with E-state index in [1.807, 2.05) is 74.5 Å². The number of carbonyl (C=O) groups is 6. The van der Waals surface area contributed by atoms with Gasteiger partial charge in [-0.05, 0) is 68.5 Å². The molecule has 1 fully saturated rings. The van der Waals surface area contributed by atoms with Crippen molar-refractivity contribution in [3.8, 4) is 0 Å². The van der Waals surface area contributed by atoms with Gasteiger partial charge in [-0.25, -0.2) is 0 Å². The van der Waals surface area contributed by atoms with Crippen LogP contribution in [0.25, 0.3) is 0 Å². The van der Waals surface area contributed by atoms with Crippen LogP contribution in [0.1, 0.15) is 63.5 Å². The zero-order valence-corrected chi connectivity index (χ0v) is 30.6. The molecule has 290 valence electrons. The number of piperidine rings is 1. The molecule has 10 N–H and O–H groups in total. The lowest BCUT2D eigenvalue weighted by Gasteiger charge is -2.38. The predicted octanol–water partition coefficient (Wildman–Crippen LogP) is 0.549. The van der Waals surface area contributed by atoms with Gasteiger partial charge in [0.15, 0.2) is 0 Å². The average molecular weight is 738 g/mol. The summed E-state index contributed by atoms with van der Waals surface area (Å²) in [6, 6.07) is 14.3. The topological polar surface area (TPSA) is 246 Å². The Labute approximate surface area is 310 Å². The number of hydrogen-bond donors (Lipinski definition) is 8. The van der Waals surface area contributed by atoms with E-state index in [4.69, 9.17) is 16.6 Å². The SMILES string of the molecule is CC(C)CC(NC(=O)C(Cc1ccccc1)NC(=O)C(N)Cc1ccccc1)C(=O)NC(CCCCNCC(=O)O)C(=O)N1CCC(N)(C(=O)O)CC1. The highest BCUT2D eigenvalue weighted by Gasteiger charge is 2.40. The summed E-state index contributed by atoms with van der Waals surface area (Å²) in [7, 11) is 0. The third-order valence-electron chi connectivity index (χ3n) is 9.27. The second-order valence-electron chi connectivity index (χ2n) is 14.2. The van der Waals surface area contributed by atoms with Crippen molar-refractivity contribution in [3.63, 3.8) is 0 Å². The fourth-order valence-electron chi connectivity index (χ4n) is 6.16. The van der Waals surface area contributed by atoms with Crippen molar-refractivity contribution >= 4 is 35.6 Å². The molecule has 0 radical (unpaired) electrons. The Hall–Kier alpha value is -4.86. The molecule has 3 rings (SSSR count). The van der Waals surface area contributed by atoms with Gasteiger partial charge in [0.2, 0.25) is 23.6 Å². The summed E-state index contributed by atoms with van der Waals surface area (Å²) in [6.45, 7) is 4.13. The van der Waals surface area contributed by atoms with Crippen molar-refractivity contribution in [1.82, 2.24) is 26.2 Å². The van der Waals surface area contributed by atoms with Crippen LogP contribution in [-0.2, 0) is 41.6 Å². The quantitative estimate of drug-likeness (QED) is 0.0822. The van der Waals surface area contributed by atoms with Crippen molar-refractivity contribution in [2.75, 3.05) is 26.2 Å². The molecule has 15 nitrogen and oxygen atoms in total. The number of likely N-dealkylation sites (tertiary alicyclic amines) is 1. The molecule has 0 bridgehead atoms. The van der Waals surface area contributed by atoms with E-state index in [-0.39, 0.29) is 64.1 Å². The van der Waals surface area contributed by atoms with E-state index in [9.17, 15) is 33.9 Å². The zero-order valence-electron chi connectivity index (χ0n) is 30.6. The van der Waals surface area contributed by atoms with Gasteiger partial charge >= 0.3 is 11.9 Å². The Morgan fingerprint density at radius 1 is 0.755 bits per heavy atom. The maximum absolute atomic E-state index is 13.9. The smallest absolute Gasteiger partial charge is 0.323 e. The van der Waals surface area contributed by atoms with Gasteiger partial charge < -0.3 is 47.8 Å². The van der Waals surface area contributed by atoms with Crippen molar-refractivity contribution in [3.05, 3.63) is 71.8 Å². The summed E-state index contributed by atoms with van der Waals surface area (Å²) in [6.07, 6.45) is 1.92. The molecule has 1 aliphatic rings. The Balaban J connectivity index is 1.77. The van der Waals surface area contributed by atoms with Crippen LogP contribution in [0.3, 0.4) is 0 Å². The Bertz CT molecular complexity index is 1520. The molecule has 0 aromatic heterocycles. The van der Waals surface area contributed by atoms with Crippen LogP contribution < -0.4 is 32.7 Å². The lowest BCUT2D eigenvalue weighted by atomic mass is 9.88. The fourth-order valence-corrected chi connectivity index (χ4v) is 6.16. The molecular formula is C38H55N7O8. The number of carbonyl (C=O) groups excluding carboxylic acids is 4. The first-order chi connectivity index (χ1) is 25.2. The molecule has 0 saturated carbocycles. The zero-order chi connectivity index (χ0) is 39.0. The van der Waals surface area contributed by atoms with Crippen LogP contribution in [0, 0.1) is 5.92 Å². The fraction of sp³-hybridized carbons (Fsp3) is 0.526. The van der Waals surface area contributed by atoms with E-state index in [0.29, 0.717) is 19.4 Å². The van der Waals surface area contributed by atoms with E-state index in [0.717, 1.165) is 11.1 Å².